The van der Waals surface area contributed by atoms with Crippen LogP contribution in [0.25, 0.3) is 75.5 Å². The third-order valence-corrected chi connectivity index (χ3v) is 9.13. The first-order chi connectivity index (χ1) is 20.7. The van der Waals surface area contributed by atoms with Crippen LogP contribution in [0.3, 0.4) is 0 Å². The van der Waals surface area contributed by atoms with E-state index in [9.17, 15) is 10.5 Å². The maximum Gasteiger partial charge on any atom is 0.136 e. The Morgan fingerprint density at radius 1 is 0.500 bits per heavy atom. The quantitative estimate of drug-likeness (QED) is 0.219. The summed E-state index contributed by atoms with van der Waals surface area (Å²) >= 11 is 1.75. The molecule has 8 aromatic rings. The molecule has 0 atom stereocenters. The van der Waals surface area contributed by atoms with Crippen molar-refractivity contribution < 1.29 is 4.42 Å². The molecule has 0 bridgehead atoms. The molecule has 0 fully saturated rings. The van der Waals surface area contributed by atoms with Crippen LogP contribution < -0.4 is 0 Å². The van der Waals surface area contributed by atoms with Gasteiger partial charge in [-0.3, -0.25) is 0 Å². The number of nitriles is 2. The number of rotatable bonds is 3. The SMILES string of the molecule is N#Cc1c(-c2ccc3c(c2)sc2ccccc23)cc(-c2cccc3oc4ccccc4c23)c(C#N)c1-c1ccccc1. The van der Waals surface area contributed by atoms with Gasteiger partial charge in [-0.2, -0.15) is 10.5 Å². The van der Waals surface area contributed by atoms with Crippen molar-refractivity contribution in [2.24, 2.45) is 0 Å². The Hall–Kier alpha value is -5.68. The number of hydrogen-bond donors (Lipinski definition) is 0. The Morgan fingerprint density at radius 2 is 1.19 bits per heavy atom. The number of nitrogens with zero attached hydrogens (tertiary/aromatic N) is 2. The monoisotopic (exact) mass is 552 g/mol. The van der Waals surface area contributed by atoms with Crippen molar-refractivity contribution in [2.75, 3.05) is 0 Å². The molecule has 6 aromatic carbocycles. The average molecular weight is 553 g/mol. The number of hydrogen-bond acceptors (Lipinski definition) is 4. The van der Waals surface area contributed by atoms with Gasteiger partial charge < -0.3 is 4.42 Å². The Kier molecular flexibility index (Phi) is 5.44. The molecule has 2 aromatic heterocycles. The average Bonchev–Trinajstić information content (AvgIpc) is 3.62. The lowest BCUT2D eigenvalue weighted by Gasteiger charge is -2.17. The molecule has 0 spiro atoms. The van der Waals surface area contributed by atoms with E-state index in [1.54, 1.807) is 11.3 Å². The van der Waals surface area contributed by atoms with Crippen LogP contribution in [-0.4, -0.2) is 0 Å². The van der Waals surface area contributed by atoms with Crippen LogP contribution in [0.1, 0.15) is 11.1 Å². The minimum atomic E-state index is 0.474. The second-order valence-corrected chi connectivity index (χ2v) is 11.4. The third-order valence-electron chi connectivity index (χ3n) is 8.00. The van der Waals surface area contributed by atoms with Crippen LogP contribution >= 0.6 is 11.3 Å². The molecular weight excluding hydrogens is 532 g/mol. The molecular formula is C38H20N2OS. The van der Waals surface area contributed by atoms with E-state index < -0.39 is 0 Å². The van der Waals surface area contributed by atoms with E-state index in [0.29, 0.717) is 16.7 Å². The summed E-state index contributed by atoms with van der Waals surface area (Å²) < 4.78 is 8.60. The van der Waals surface area contributed by atoms with Crippen LogP contribution in [0.2, 0.25) is 0 Å². The van der Waals surface area contributed by atoms with E-state index in [1.807, 2.05) is 72.8 Å². The van der Waals surface area contributed by atoms with Gasteiger partial charge in [0.15, 0.2) is 0 Å². The molecule has 0 saturated heterocycles. The van der Waals surface area contributed by atoms with E-state index >= 15 is 0 Å². The normalized spacial score (nSPS) is 11.3. The van der Waals surface area contributed by atoms with Crippen molar-refractivity contribution in [3.05, 3.63) is 132 Å². The maximum absolute atomic E-state index is 10.7. The molecule has 3 nitrogen and oxygen atoms in total. The van der Waals surface area contributed by atoms with Gasteiger partial charge in [-0.05, 0) is 47.0 Å². The summed E-state index contributed by atoms with van der Waals surface area (Å²) in [5, 5.41) is 25.7. The van der Waals surface area contributed by atoms with E-state index in [2.05, 4.69) is 60.7 Å². The fourth-order valence-corrected chi connectivity index (χ4v) is 7.29. The van der Waals surface area contributed by atoms with E-state index in [-0.39, 0.29) is 0 Å². The van der Waals surface area contributed by atoms with Gasteiger partial charge in [0.25, 0.3) is 0 Å². The molecule has 42 heavy (non-hydrogen) atoms. The molecule has 0 unspecified atom stereocenters. The van der Waals surface area contributed by atoms with Gasteiger partial charge >= 0.3 is 0 Å². The van der Waals surface area contributed by atoms with Crippen LogP contribution in [0.15, 0.2) is 126 Å². The summed E-state index contributed by atoms with van der Waals surface area (Å²) in [7, 11) is 0. The molecule has 194 valence electrons. The van der Waals surface area contributed by atoms with Crippen molar-refractivity contribution in [3.63, 3.8) is 0 Å². The third kappa shape index (κ3) is 3.57. The molecule has 0 radical (unpaired) electrons. The lowest BCUT2D eigenvalue weighted by Crippen LogP contribution is -1.98. The summed E-state index contributed by atoms with van der Waals surface area (Å²) in [5.41, 5.74) is 7.43. The zero-order valence-electron chi connectivity index (χ0n) is 22.3. The van der Waals surface area contributed by atoms with Crippen molar-refractivity contribution in [1.82, 2.24) is 0 Å². The zero-order valence-corrected chi connectivity index (χ0v) is 23.1. The summed E-state index contributed by atoms with van der Waals surface area (Å²) in [6, 6.07) is 45.5. The highest BCUT2D eigenvalue weighted by Gasteiger charge is 2.24. The summed E-state index contributed by atoms with van der Waals surface area (Å²) in [6.07, 6.45) is 0. The molecule has 4 heteroatoms. The molecule has 0 aliphatic rings. The fourth-order valence-electron chi connectivity index (χ4n) is 6.14. The largest absolute Gasteiger partial charge is 0.456 e. The number of para-hydroxylation sites is 1. The van der Waals surface area contributed by atoms with Gasteiger partial charge in [0.2, 0.25) is 0 Å². The first-order valence-corrected chi connectivity index (χ1v) is 14.5. The van der Waals surface area contributed by atoms with Crippen LogP contribution in [0, 0.1) is 22.7 Å². The first kappa shape index (κ1) is 24.1. The van der Waals surface area contributed by atoms with Crippen molar-refractivity contribution >= 4 is 53.4 Å². The lowest BCUT2D eigenvalue weighted by atomic mass is 9.83. The highest BCUT2D eigenvalue weighted by Crippen LogP contribution is 2.45. The molecule has 0 N–H and O–H groups in total. The molecule has 0 aliphatic carbocycles. The molecule has 0 amide bonds. The highest BCUT2D eigenvalue weighted by atomic mass is 32.1. The van der Waals surface area contributed by atoms with E-state index in [1.165, 1.54) is 15.5 Å². The second-order valence-electron chi connectivity index (χ2n) is 10.3. The topological polar surface area (TPSA) is 60.7 Å². The fraction of sp³-hybridized carbons (Fsp3) is 0. The van der Waals surface area contributed by atoms with Crippen molar-refractivity contribution in [3.8, 4) is 45.5 Å². The van der Waals surface area contributed by atoms with E-state index in [0.717, 1.165) is 54.5 Å². The van der Waals surface area contributed by atoms with Gasteiger partial charge in [0, 0.05) is 47.6 Å². The number of benzene rings is 6. The Balaban J connectivity index is 1.50. The lowest BCUT2D eigenvalue weighted by molar-refractivity contribution is 0.669. The summed E-state index contributed by atoms with van der Waals surface area (Å²) in [5.74, 6) is 0. The smallest absolute Gasteiger partial charge is 0.136 e. The first-order valence-electron chi connectivity index (χ1n) is 13.6. The van der Waals surface area contributed by atoms with Gasteiger partial charge in [0.1, 0.15) is 23.3 Å². The van der Waals surface area contributed by atoms with Gasteiger partial charge in [0.05, 0.1) is 11.1 Å². The van der Waals surface area contributed by atoms with Gasteiger partial charge in [-0.15, -0.1) is 11.3 Å². The van der Waals surface area contributed by atoms with Crippen LogP contribution in [0.5, 0.6) is 0 Å². The predicted octanol–water partition coefficient (Wildman–Crippen LogP) is 10.7. The van der Waals surface area contributed by atoms with Crippen molar-refractivity contribution in [2.45, 2.75) is 0 Å². The second kappa shape index (κ2) is 9.46. The number of fused-ring (bicyclic) bond motifs is 6. The standard InChI is InChI=1S/C38H20N2OS/c39-21-31-29(24-17-18-26-25-11-5-7-16-35(25)42-36(26)19-24)20-30(32(22-40)37(31)23-9-2-1-3-10-23)27-13-8-15-34-38(27)28-12-4-6-14-33(28)41-34/h1-20H. The molecule has 8 rings (SSSR count). The van der Waals surface area contributed by atoms with Crippen LogP contribution in [0.4, 0.5) is 0 Å². The van der Waals surface area contributed by atoms with E-state index in [4.69, 9.17) is 4.42 Å². The molecule has 0 saturated carbocycles. The zero-order chi connectivity index (χ0) is 28.2. The minimum Gasteiger partial charge on any atom is -0.456 e. The van der Waals surface area contributed by atoms with Crippen molar-refractivity contribution in [1.29, 1.82) is 10.5 Å². The van der Waals surface area contributed by atoms with Gasteiger partial charge in [-0.1, -0.05) is 91.0 Å². The highest BCUT2D eigenvalue weighted by molar-refractivity contribution is 7.25. The Labute approximate surface area is 245 Å². The summed E-state index contributed by atoms with van der Waals surface area (Å²) in [6.45, 7) is 0. The summed E-state index contributed by atoms with van der Waals surface area (Å²) in [4.78, 5) is 0. The molecule has 2 heterocycles. The number of thiophene rings is 1. The Bertz CT molecular complexity index is 2430. The Morgan fingerprint density at radius 3 is 2.02 bits per heavy atom. The maximum atomic E-state index is 10.7. The minimum absolute atomic E-state index is 0.474. The van der Waals surface area contributed by atoms with Gasteiger partial charge in [-0.25, -0.2) is 0 Å². The van der Waals surface area contributed by atoms with Crippen LogP contribution in [-0.2, 0) is 0 Å². The molecule has 0 aliphatic heterocycles. The number of furan rings is 1. The predicted molar refractivity (Wildman–Crippen MR) is 172 cm³/mol.